The van der Waals surface area contributed by atoms with E-state index in [1.807, 2.05) is 0 Å². The summed E-state index contributed by atoms with van der Waals surface area (Å²) in [4.78, 5) is 33.2. The van der Waals surface area contributed by atoms with E-state index in [1.54, 1.807) is 0 Å². The van der Waals surface area contributed by atoms with E-state index in [0.29, 0.717) is 0 Å². The molecule has 1 aromatic carbocycles. The number of nitrogens with one attached hydrogen (secondary N) is 2. The molecule has 0 spiro atoms. The van der Waals surface area contributed by atoms with Crippen LogP contribution in [0, 0.1) is 0 Å². The standard InChI is InChI=1S/C12H14N2O6S/c1-21(19,20)9-4-2-8(3-5-9)12(18)14-6-10(15)13-7-11(16)17/h2-5H,6-7H2,1H3,(H,13,15)(H,14,18)(H,16,17). The topological polar surface area (TPSA) is 130 Å². The molecule has 0 heterocycles. The molecular formula is C12H14N2O6S. The van der Waals surface area contributed by atoms with Crippen molar-refractivity contribution in [3.8, 4) is 0 Å². The SMILES string of the molecule is CS(=O)(=O)c1ccc(C(=O)NCC(=O)NCC(=O)O)cc1. The normalized spacial score (nSPS) is 10.7. The van der Waals surface area contributed by atoms with Crippen molar-refractivity contribution in [2.45, 2.75) is 4.90 Å². The molecule has 1 aromatic rings. The molecule has 8 nitrogen and oxygen atoms in total. The average Bonchev–Trinajstić information content (AvgIpc) is 2.41. The third-order valence-electron chi connectivity index (χ3n) is 2.39. The highest BCUT2D eigenvalue weighted by molar-refractivity contribution is 7.90. The van der Waals surface area contributed by atoms with Crippen LogP contribution in [0.5, 0.6) is 0 Å². The summed E-state index contributed by atoms with van der Waals surface area (Å²) in [5.41, 5.74) is 0.188. The highest BCUT2D eigenvalue weighted by Crippen LogP contribution is 2.10. The van der Waals surface area contributed by atoms with Crippen LogP contribution in [-0.2, 0) is 19.4 Å². The van der Waals surface area contributed by atoms with E-state index in [9.17, 15) is 22.8 Å². The highest BCUT2D eigenvalue weighted by Gasteiger charge is 2.11. The largest absolute Gasteiger partial charge is 0.480 e. The number of rotatable bonds is 6. The van der Waals surface area contributed by atoms with Crippen molar-refractivity contribution in [1.29, 1.82) is 0 Å². The van der Waals surface area contributed by atoms with Crippen molar-refractivity contribution in [2.75, 3.05) is 19.3 Å². The Morgan fingerprint density at radius 3 is 2.10 bits per heavy atom. The van der Waals surface area contributed by atoms with E-state index in [1.165, 1.54) is 24.3 Å². The molecule has 0 unspecified atom stereocenters. The molecule has 0 saturated carbocycles. The van der Waals surface area contributed by atoms with Gasteiger partial charge in [0.05, 0.1) is 11.4 Å². The fraction of sp³-hybridized carbons (Fsp3) is 0.250. The summed E-state index contributed by atoms with van der Waals surface area (Å²) in [6, 6.07) is 5.21. The molecule has 0 aromatic heterocycles. The molecule has 2 amide bonds. The summed E-state index contributed by atoms with van der Waals surface area (Å²) in [5.74, 6) is -2.40. The van der Waals surface area contributed by atoms with Gasteiger partial charge in [0, 0.05) is 11.8 Å². The molecule has 21 heavy (non-hydrogen) atoms. The van der Waals surface area contributed by atoms with Crippen LogP contribution in [0.2, 0.25) is 0 Å². The zero-order chi connectivity index (χ0) is 16.0. The molecule has 3 N–H and O–H groups in total. The van der Waals surface area contributed by atoms with Gasteiger partial charge in [-0.1, -0.05) is 0 Å². The zero-order valence-electron chi connectivity index (χ0n) is 11.1. The Labute approximate surface area is 121 Å². The maximum Gasteiger partial charge on any atom is 0.322 e. The lowest BCUT2D eigenvalue weighted by atomic mass is 10.2. The van der Waals surface area contributed by atoms with E-state index in [0.717, 1.165) is 6.26 Å². The van der Waals surface area contributed by atoms with E-state index in [4.69, 9.17) is 5.11 Å². The lowest BCUT2D eigenvalue weighted by Crippen LogP contribution is -2.39. The second-order valence-corrected chi connectivity index (χ2v) is 6.17. The van der Waals surface area contributed by atoms with Gasteiger partial charge in [0.2, 0.25) is 5.91 Å². The second-order valence-electron chi connectivity index (χ2n) is 4.15. The van der Waals surface area contributed by atoms with Gasteiger partial charge < -0.3 is 15.7 Å². The van der Waals surface area contributed by atoms with Crippen LogP contribution in [0.25, 0.3) is 0 Å². The van der Waals surface area contributed by atoms with Crippen molar-refractivity contribution < 1.29 is 27.9 Å². The minimum absolute atomic E-state index is 0.0817. The number of benzene rings is 1. The molecule has 114 valence electrons. The first-order valence-electron chi connectivity index (χ1n) is 5.77. The summed E-state index contributed by atoms with van der Waals surface area (Å²) < 4.78 is 22.5. The maximum atomic E-state index is 11.7. The summed E-state index contributed by atoms with van der Waals surface area (Å²) in [7, 11) is -3.34. The van der Waals surface area contributed by atoms with E-state index < -0.39 is 34.2 Å². The Bertz CT molecular complexity index is 651. The van der Waals surface area contributed by atoms with Crippen LogP contribution in [0.3, 0.4) is 0 Å². The molecule has 0 aliphatic carbocycles. The van der Waals surface area contributed by atoms with Crippen molar-refractivity contribution >= 4 is 27.6 Å². The Balaban J connectivity index is 2.56. The summed E-state index contributed by atoms with van der Waals surface area (Å²) >= 11 is 0. The molecule has 0 aliphatic heterocycles. The number of aliphatic carboxylic acids is 1. The van der Waals surface area contributed by atoms with Gasteiger partial charge in [0.25, 0.3) is 5.91 Å². The average molecular weight is 314 g/mol. The van der Waals surface area contributed by atoms with Crippen LogP contribution < -0.4 is 10.6 Å². The van der Waals surface area contributed by atoms with Gasteiger partial charge in [-0.2, -0.15) is 0 Å². The lowest BCUT2D eigenvalue weighted by Gasteiger charge is -2.06. The number of sulfone groups is 1. The lowest BCUT2D eigenvalue weighted by molar-refractivity contribution is -0.137. The van der Waals surface area contributed by atoms with Gasteiger partial charge in [0.15, 0.2) is 9.84 Å². The first-order chi connectivity index (χ1) is 9.70. The number of carbonyl (C=O) groups is 3. The van der Waals surface area contributed by atoms with Crippen molar-refractivity contribution in [3.05, 3.63) is 29.8 Å². The maximum absolute atomic E-state index is 11.7. The van der Waals surface area contributed by atoms with E-state index in [2.05, 4.69) is 10.6 Å². The van der Waals surface area contributed by atoms with Crippen LogP contribution in [0.15, 0.2) is 29.2 Å². The summed E-state index contributed by atoms with van der Waals surface area (Å²) in [6.07, 6.45) is 1.05. The molecule has 0 radical (unpaired) electrons. The zero-order valence-corrected chi connectivity index (χ0v) is 11.9. The first kappa shape index (κ1) is 16.6. The first-order valence-corrected chi connectivity index (χ1v) is 7.66. The van der Waals surface area contributed by atoms with Crippen molar-refractivity contribution in [3.63, 3.8) is 0 Å². The predicted octanol–water partition coefficient (Wildman–Crippen LogP) is -0.979. The van der Waals surface area contributed by atoms with Crippen molar-refractivity contribution in [2.24, 2.45) is 0 Å². The van der Waals surface area contributed by atoms with Crippen LogP contribution in [-0.4, -0.2) is 50.7 Å². The molecule has 0 aliphatic rings. The van der Waals surface area contributed by atoms with E-state index >= 15 is 0 Å². The molecule has 0 fully saturated rings. The Kier molecular flexibility index (Phi) is 5.42. The smallest absolute Gasteiger partial charge is 0.322 e. The molecule has 1 rings (SSSR count). The monoisotopic (exact) mass is 314 g/mol. The fourth-order valence-electron chi connectivity index (χ4n) is 1.35. The molecule has 9 heteroatoms. The molecule has 0 bridgehead atoms. The third-order valence-corrected chi connectivity index (χ3v) is 3.52. The van der Waals surface area contributed by atoms with Gasteiger partial charge in [0.1, 0.15) is 6.54 Å². The van der Waals surface area contributed by atoms with Gasteiger partial charge in [-0.05, 0) is 24.3 Å². The van der Waals surface area contributed by atoms with Crippen LogP contribution in [0.4, 0.5) is 0 Å². The van der Waals surface area contributed by atoms with Gasteiger partial charge in [-0.15, -0.1) is 0 Å². The fourth-order valence-corrected chi connectivity index (χ4v) is 1.98. The predicted molar refractivity (Wildman–Crippen MR) is 72.5 cm³/mol. The summed E-state index contributed by atoms with van der Waals surface area (Å²) in [6.45, 7) is -0.905. The number of hydrogen-bond donors (Lipinski definition) is 3. The second kappa shape index (κ2) is 6.84. The summed E-state index contributed by atoms with van der Waals surface area (Å²) in [5, 5.41) is 12.7. The molecule has 0 atom stereocenters. The Morgan fingerprint density at radius 1 is 1.05 bits per heavy atom. The number of carbonyl (C=O) groups excluding carboxylic acids is 2. The van der Waals surface area contributed by atoms with Crippen LogP contribution >= 0.6 is 0 Å². The Morgan fingerprint density at radius 2 is 1.62 bits per heavy atom. The van der Waals surface area contributed by atoms with Gasteiger partial charge >= 0.3 is 5.97 Å². The number of carboxylic acids is 1. The minimum Gasteiger partial charge on any atom is -0.480 e. The minimum atomic E-state index is -3.34. The molecule has 0 saturated heterocycles. The Hall–Kier alpha value is -2.42. The quantitative estimate of drug-likeness (QED) is 0.619. The highest BCUT2D eigenvalue weighted by atomic mass is 32.2. The van der Waals surface area contributed by atoms with Gasteiger partial charge in [-0.3, -0.25) is 14.4 Å². The number of hydrogen-bond acceptors (Lipinski definition) is 5. The van der Waals surface area contributed by atoms with E-state index in [-0.39, 0.29) is 17.0 Å². The van der Waals surface area contributed by atoms with Crippen molar-refractivity contribution in [1.82, 2.24) is 10.6 Å². The third kappa shape index (κ3) is 5.61. The number of carboxylic acid groups (broad SMARTS) is 1. The number of amides is 2. The van der Waals surface area contributed by atoms with Gasteiger partial charge in [-0.25, -0.2) is 8.42 Å². The molecular weight excluding hydrogens is 300 g/mol. The van der Waals surface area contributed by atoms with Crippen LogP contribution in [0.1, 0.15) is 10.4 Å².